The van der Waals surface area contributed by atoms with Gasteiger partial charge in [-0.3, -0.25) is 9.59 Å². The molecule has 148 valence electrons. The Balaban J connectivity index is 1.56. The highest BCUT2D eigenvalue weighted by molar-refractivity contribution is 5.94. The highest BCUT2D eigenvalue weighted by Crippen LogP contribution is 2.24. The van der Waals surface area contributed by atoms with Crippen LogP contribution in [-0.4, -0.2) is 41.7 Å². The number of carboxylic acid groups (broad SMARTS) is 1. The summed E-state index contributed by atoms with van der Waals surface area (Å²) in [6, 6.07) is 12.8. The summed E-state index contributed by atoms with van der Waals surface area (Å²) in [6.07, 6.45) is 2.89. The Labute approximate surface area is 163 Å². The van der Waals surface area contributed by atoms with Gasteiger partial charge in [0.15, 0.2) is 0 Å². The predicted octanol–water partition coefficient (Wildman–Crippen LogP) is 2.52. The van der Waals surface area contributed by atoms with E-state index in [2.05, 4.69) is 10.3 Å². The molecular weight excluding hydrogens is 360 g/mol. The van der Waals surface area contributed by atoms with Gasteiger partial charge in [-0.15, -0.1) is 0 Å². The van der Waals surface area contributed by atoms with Crippen molar-refractivity contribution < 1.29 is 24.2 Å². The number of aromatic nitrogens is 1. The van der Waals surface area contributed by atoms with Crippen molar-refractivity contribution in [2.24, 2.45) is 11.8 Å². The molecule has 1 saturated heterocycles. The number of pyridine rings is 1. The summed E-state index contributed by atoms with van der Waals surface area (Å²) in [5, 5.41) is 12.2. The van der Waals surface area contributed by atoms with Crippen LogP contribution in [-0.2, 0) is 16.1 Å². The predicted molar refractivity (Wildman–Crippen MR) is 102 cm³/mol. The minimum Gasteiger partial charge on any atom is -0.481 e. The maximum Gasteiger partial charge on any atom is 0.308 e. The van der Waals surface area contributed by atoms with Gasteiger partial charge in [-0.1, -0.05) is 30.3 Å². The van der Waals surface area contributed by atoms with E-state index in [-0.39, 0.29) is 18.4 Å². The zero-order valence-electron chi connectivity index (χ0n) is 15.5. The summed E-state index contributed by atoms with van der Waals surface area (Å²) in [7, 11) is 0. The minimum atomic E-state index is -0.895. The molecule has 1 aliphatic heterocycles. The van der Waals surface area contributed by atoms with E-state index < -0.39 is 11.9 Å². The van der Waals surface area contributed by atoms with Crippen molar-refractivity contribution >= 4 is 11.9 Å². The Hall–Kier alpha value is -2.93. The van der Waals surface area contributed by atoms with Crippen LogP contribution >= 0.6 is 0 Å². The van der Waals surface area contributed by atoms with Gasteiger partial charge in [-0.25, -0.2) is 4.98 Å². The lowest BCUT2D eigenvalue weighted by Gasteiger charge is -2.27. The maximum absolute atomic E-state index is 12.5. The molecule has 0 bridgehead atoms. The average molecular weight is 384 g/mol. The number of aliphatic carboxylic acids is 1. The standard InChI is InChI=1S/C21H24N2O5/c24-20(23-13-18(21(25)26)16-7-10-27-11-8-16)17-6-9-22-19(12-17)28-14-15-4-2-1-3-5-15/h1-6,9,12,16,18H,7-8,10-11,13-14H2,(H,23,24)(H,25,26). The zero-order valence-corrected chi connectivity index (χ0v) is 15.5. The van der Waals surface area contributed by atoms with Crippen LogP contribution < -0.4 is 10.1 Å². The van der Waals surface area contributed by atoms with Crippen molar-refractivity contribution in [3.63, 3.8) is 0 Å². The first-order valence-electron chi connectivity index (χ1n) is 9.35. The van der Waals surface area contributed by atoms with Crippen LogP contribution in [0.4, 0.5) is 0 Å². The van der Waals surface area contributed by atoms with E-state index in [1.165, 1.54) is 6.20 Å². The molecule has 2 aromatic rings. The Bertz CT molecular complexity index is 790. The molecule has 0 radical (unpaired) electrons. The third-order valence-corrected chi connectivity index (χ3v) is 4.86. The number of carbonyl (C=O) groups excluding carboxylic acids is 1. The summed E-state index contributed by atoms with van der Waals surface area (Å²) in [5.41, 5.74) is 1.38. The number of amides is 1. The Morgan fingerprint density at radius 3 is 2.68 bits per heavy atom. The van der Waals surface area contributed by atoms with Crippen LogP contribution in [0.3, 0.4) is 0 Å². The molecule has 0 aliphatic carbocycles. The summed E-state index contributed by atoms with van der Waals surface area (Å²) in [5.74, 6) is -1.51. The number of rotatable bonds is 8. The van der Waals surface area contributed by atoms with Crippen molar-refractivity contribution in [1.29, 1.82) is 0 Å². The number of hydrogen-bond donors (Lipinski definition) is 2. The lowest BCUT2D eigenvalue weighted by molar-refractivity contribution is -0.144. The second-order valence-corrected chi connectivity index (χ2v) is 6.76. The molecule has 1 aromatic heterocycles. The molecule has 7 heteroatoms. The molecule has 1 amide bonds. The lowest BCUT2D eigenvalue weighted by Crippen LogP contribution is -2.39. The first-order chi connectivity index (χ1) is 13.6. The zero-order chi connectivity index (χ0) is 19.8. The van der Waals surface area contributed by atoms with E-state index in [1.807, 2.05) is 30.3 Å². The SMILES string of the molecule is O=C(NCC(C(=O)O)C1CCOCC1)c1ccnc(OCc2ccccc2)c1. The second kappa shape index (κ2) is 9.85. The monoisotopic (exact) mass is 384 g/mol. The normalized spacial score (nSPS) is 15.6. The van der Waals surface area contributed by atoms with Gasteiger partial charge in [0.25, 0.3) is 5.91 Å². The van der Waals surface area contributed by atoms with Crippen molar-refractivity contribution in [2.45, 2.75) is 19.4 Å². The lowest BCUT2D eigenvalue weighted by atomic mass is 9.86. The van der Waals surface area contributed by atoms with Crippen molar-refractivity contribution in [2.75, 3.05) is 19.8 Å². The quantitative estimate of drug-likeness (QED) is 0.726. The summed E-state index contributed by atoms with van der Waals surface area (Å²) in [6.45, 7) is 1.56. The fraction of sp³-hybridized carbons (Fsp3) is 0.381. The summed E-state index contributed by atoms with van der Waals surface area (Å²) < 4.78 is 10.9. The van der Waals surface area contributed by atoms with E-state index in [9.17, 15) is 14.7 Å². The van der Waals surface area contributed by atoms with Crippen molar-refractivity contribution in [1.82, 2.24) is 10.3 Å². The van der Waals surface area contributed by atoms with Gasteiger partial charge in [0.05, 0.1) is 5.92 Å². The fourth-order valence-electron chi connectivity index (χ4n) is 3.24. The van der Waals surface area contributed by atoms with E-state index in [0.29, 0.717) is 44.1 Å². The first-order valence-corrected chi connectivity index (χ1v) is 9.35. The van der Waals surface area contributed by atoms with Gasteiger partial charge in [0.2, 0.25) is 5.88 Å². The van der Waals surface area contributed by atoms with Gasteiger partial charge in [-0.2, -0.15) is 0 Å². The smallest absolute Gasteiger partial charge is 0.308 e. The number of benzene rings is 1. The fourth-order valence-corrected chi connectivity index (χ4v) is 3.24. The number of hydrogen-bond acceptors (Lipinski definition) is 5. The Morgan fingerprint density at radius 1 is 1.21 bits per heavy atom. The third kappa shape index (κ3) is 5.53. The molecule has 0 spiro atoms. The van der Waals surface area contributed by atoms with Crippen LogP contribution in [0, 0.1) is 11.8 Å². The van der Waals surface area contributed by atoms with Gasteiger partial charge >= 0.3 is 5.97 Å². The molecule has 2 N–H and O–H groups in total. The molecule has 2 heterocycles. The number of carboxylic acids is 1. The average Bonchev–Trinajstić information content (AvgIpc) is 2.74. The number of ether oxygens (including phenoxy) is 2. The second-order valence-electron chi connectivity index (χ2n) is 6.76. The third-order valence-electron chi connectivity index (χ3n) is 4.86. The van der Waals surface area contributed by atoms with Crippen LogP contribution in [0.25, 0.3) is 0 Å². The number of carbonyl (C=O) groups is 2. The topological polar surface area (TPSA) is 97.8 Å². The first kappa shape index (κ1) is 19.8. The summed E-state index contributed by atoms with van der Waals surface area (Å²) >= 11 is 0. The molecule has 7 nitrogen and oxygen atoms in total. The molecule has 1 fully saturated rings. The van der Waals surface area contributed by atoms with Crippen molar-refractivity contribution in [3.05, 3.63) is 59.8 Å². The van der Waals surface area contributed by atoms with E-state index in [0.717, 1.165) is 5.56 Å². The molecule has 1 unspecified atom stereocenters. The largest absolute Gasteiger partial charge is 0.481 e. The Kier molecular flexibility index (Phi) is 6.97. The van der Waals surface area contributed by atoms with Crippen molar-refractivity contribution in [3.8, 4) is 5.88 Å². The van der Waals surface area contributed by atoms with Crippen LogP contribution in [0.15, 0.2) is 48.7 Å². The molecule has 1 aromatic carbocycles. The van der Waals surface area contributed by atoms with Crippen LogP contribution in [0.5, 0.6) is 5.88 Å². The molecular formula is C21H24N2O5. The van der Waals surface area contributed by atoms with Crippen LogP contribution in [0.1, 0.15) is 28.8 Å². The molecule has 3 rings (SSSR count). The van der Waals surface area contributed by atoms with E-state index >= 15 is 0 Å². The van der Waals surface area contributed by atoms with Gasteiger partial charge in [-0.05, 0) is 30.4 Å². The van der Waals surface area contributed by atoms with Gasteiger partial charge in [0.1, 0.15) is 6.61 Å². The number of nitrogens with one attached hydrogen (secondary N) is 1. The van der Waals surface area contributed by atoms with Gasteiger partial charge < -0.3 is 19.9 Å². The van der Waals surface area contributed by atoms with Crippen LogP contribution in [0.2, 0.25) is 0 Å². The molecule has 0 saturated carbocycles. The molecule has 1 atom stereocenters. The highest BCUT2D eigenvalue weighted by Gasteiger charge is 2.30. The van der Waals surface area contributed by atoms with E-state index in [4.69, 9.17) is 9.47 Å². The maximum atomic E-state index is 12.5. The van der Waals surface area contributed by atoms with E-state index in [1.54, 1.807) is 12.1 Å². The Morgan fingerprint density at radius 2 is 1.96 bits per heavy atom. The highest BCUT2D eigenvalue weighted by atomic mass is 16.5. The summed E-state index contributed by atoms with van der Waals surface area (Å²) in [4.78, 5) is 28.2. The molecule has 1 aliphatic rings. The number of nitrogens with zero attached hydrogens (tertiary/aromatic N) is 1. The molecule has 28 heavy (non-hydrogen) atoms. The minimum absolute atomic E-state index is 0.00811. The van der Waals surface area contributed by atoms with Gasteiger partial charge in [0, 0.05) is 37.6 Å².